The van der Waals surface area contributed by atoms with Crippen molar-refractivity contribution in [2.75, 3.05) is 5.73 Å². The van der Waals surface area contributed by atoms with Crippen LogP contribution in [0.15, 0.2) is 53.7 Å². The summed E-state index contributed by atoms with van der Waals surface area (Å²) in [5.41, 5.74) is 6.60. The van der Waals surface area contributed by atoms with E-state index in [1.807, 2.05) is 6.07 Å². The highest BCUT2D eigenvalue weighted by atomic mass is 32.2. The van der Waals surface area contributed by atoms with Gasteiger partial charge in [-0.05, 0) is 30.3 Å². The fourth-order valence-corrected chi connectivity index (χ4v) is 3.41. The molecule has 0 saturated heterocycles. The minimum Gasteiger partial charge on any atom is -0.399 e. The maximum atomic E-state index is 13.8. The Morgan fingerprint density at radius 2 is 2.05 bits per heavy atom. The zero-order valence-electron chi connectivity index (χ0n) is 10.9. The number of hydrogen-bond acceptors (Lipinski definition) is 4. The van der Waals surface area contributed by atoms with E-state index in [0.717, 1.165) is 6.07 Å². The molecule has 5 nitrogen and oxygen atoms in total. The van der Waals surface area contributed by atoms with Crippen molar-refractivity contribution in [2.45, 2.75) is 10.6 Å². The average molecular weight is 305 g/mol. The monoisotopic (exact) mass is 305 g/mol. The van der Waals surface area contributed by atoms with Crippen LogP contribution in [0, 0.1) is 5.82 Å². The van der Waals surface area contributed by atoms with Crippen LogP contribution in [0.2, 0.25) is 0 Å². The standard InChI is InChI=1S/C14H12FN3O2S/c15-12-7-10(16)4-5-13(12)21(19,20)9-11-8-18-6-2-1-3-14(18)17-11/h1-8H,9,16H2. The fourth-order valence-electron chi connectivity index (χ4n) is 2.10. The second-order valence-corrected chi connectivity index (χ2v) is 6.61. The average Bonchev–Trinajstić information content (AvgIpc) is 2.79. The molecule has 0 fully saturated rings. The Balaban J connectivity index is 1.99. The summed E-state index contributed by atoms with van der Waals surface area (Å²) in [6, 6.07) is 8.92. The molecular weight excluding hydrogens is 293 g/mol. The molecule has 0 unspecified atom stereocenters. The number of benzene rings is 1. The molecule has 1 aromatic carbocycles. The zero-order chi connectivity index (χ0) is 15.0. The topological polar surface area (TPSA) is 77.5 Å². The maximum Gasteiger partial charge on any atom is 0.187 e. The first-order valence-corrected chi connectivity index (χ1v) is 7.81. The van der Waals surface area contributed by atoms with E-state index in [4.69, 9.17) is 5.73 Å². The van der Waals surface area contributed by atoms with E-state index in [-0.39, 0.29) is 16.3 Å². The van der Waals surface area contributed by atoms with E-state index in [2.05, 4.69) is 4.98 Å². The van der Waals surface area contributed by atoms with Crippen molar-refractivity contribution in [3.05, 3.63) is 60.3 Å². The van der Waals surface area contributed by atoms with E-state index >= 15 is 0 Å². The van der Waals surface area contributed by atoms with Crippen molar-refractivity contribution in [1.82, 2.24) is 9.38 Å². The summed E-state index contributed by atoms with van der Waals surface area (Å²) in [7, 11) is -3.81. The molecule has 0 saturated carbocycles. The molecule has 2 heterocycles. The Hall–Kier alpha value is -2.41. The van der Waals surface area contributed by atoms with Gasteiger partial charge in [0.2, 0.25) is 0 Å². The fraction of sp³-hybridized carbons (Fsp3) is 0.0714. The highest BCUT2D eigenvalue weighted by Crippen LogP contribution is 2.21. The highest BCUT2D eigenvalue weighted by molar-refractivity contribution is 7.90. The highest BCUT2D eigenvalue weighted by Gasteiger charge is 2.21. The van der Waals surface area contributed by atoms with Gasteiger partial charge in [0.05, 0.1) is 11.4 Å². The summed E-state index contributed by atoms with van der Waals surface area (Å²) in [6.07, 6.45) is 3.38. The number of nitrogens with zero attached hydrogens (tertiary/aromatic N) is 2. The lowest BCUT2D eigenvalue weighted by Gasteiger charge is -2.04. The molecule has 0 amide bonds. The van der Waals surface area contributed by atoms with Crippen molar-refractivity contribution in [3.63, 3.8) is 0 Å². The minimum absolute atomic E-state index is 0.180. The molecule has 0 atom stereocenters. The first-order valence-electron chi connectivity index (χ1n) is 6.16. The van der Waals surface area contributed by atoms with Crippen LogP contribution < -0.4 is 5.73 Å². The summed E-state index contributed by atoms with van der Waals surface area (Å²) in [6.45, 7) is 0. The lowest BCUT2D eigenvalue weighted by atomic mass is 10.3. The third-order valence-corrected chi connectivity index (χ3v) is 4.72. The number of aromatic nitrogens is 2. The number of rotatable bonds is 3. The van der Waals surface area contributed by atoms with E-state index < -0.39 is 15.7 Å². The van der Waals surface area contributed by atoms with Crippen LogP contribution in [0.3, 0.4) is 0 Å². The molecule has 0 aliphatic heterocycles. The molecule has 21 heavy (non-hydrogen) atoms. The number of sulfone groups is 1. The van der Waals surface area contributed by atoms with Crippen molar-refractivity contribution in [3.8, 4) is 0 Å². The first-order chi connectivity index (χ1) is 9.95. The lowest BCUT2D eigenvalue weighted by molar-refractivity contribution is 0.566. The second-order valence-electron chi connectivity index (χ2n) is 4.65. The summed E-state index contributed by atoms with van der Waals surface area (Å²) in [5.74, 6) is -1.21. The summed E-state index contributed by atoms with van der Waals surface area (Å²) >= 11 is 0. The molecule has 3 aromatic rings. The smallest absolute Gasteiger partial charge is 0.187 e. The largest absolute Gasteiger partial charge is 0.399 e. The predicted molar refractivity (Wildman–Crippen MR) is 76.9 cm³/mol. The SMILES string of the molecule is Nc1ccc(S(=O)(=O)Cc2cn3ccccc3n2)c(F)c1. The van der Waals surface area contributed by atoms with Gasteiger partial charge in [-0.25, -0.2) is 17.8 Å². The number of pyridine rings is 1. The Morgan fingerprint density at radius 3 is 2.76 bits per heavy atom. The quantitative estimate of drug-likeness (QED) is 0.751. The molecular formula is C14H12FN3O2S. The Kier molecular flexibility index (Phi) is 3.13. The molecule has 2 aromatic heterocycles. The summed E-state index contributed by atoms with van der Waals surface area (Å²) in [4.78, 5) is 3.84. The number of fused-ring (bicyclic) bond motifs is 1. The van der Waals surface area contributed by atoms with E-state index in [0.29, 0.717) is 11.3 Å². The Morgan fingerprint density at radius 1 is 1.24 bits per heavy atom. The summed E-state index contributed by atoms with van der Waals surface area (Å²) < 4.78 is 40.0. The number of hydrogen-bond donors (Lipinski definition) is 1. The van der Waals surface area contributed by atoms with Gasteiger partial charge in [0.15, 0.2) is 9.84 Å². The van der Waals surface area contributed by atoms with Crippen molar-refractivity contribution in [2.24, 2.45) is 0 Å². The van der Waals surface area contributed by atoms with Gasteiger partial charge in [0.25, 0.3) is 0 Å². The van der Waals surface area contributed by atoms with Crippen LogP contribution in [0.25, 0.3) is 5.65 Å². The van der Waals surface area contributed by atoms with Gasteiger partial charge in [0.1, 0.15) is 16.4 Å². The van der Waals surface area contributed by atoms with Crippen molar-refractivity contribution in [1.29, 1.82) is 0 Å². The number of halogens is 1. The van der Waals surface area contributed by atoms with Crippen LogP contribution >= 0.6 is 0 Å². The van der Waals surface area contributed by atoms with Gasteiger partial charge in [-0.15, -0.1) is 0 Å². The summed E-state index contributed by atoms with van der Waals surface area (Å²) in [5, 5.41) is 0. The number of imidazole rings is 1. The van der Waals surface area contributed by atoms with Gasteiger partial charge < -0.3 is 10.1 Å². The molecule has 7 heteroatoms. The molecule has 0 aliphatic carbocycles. The molecule has 3 rings (SSSR count). The molecule has 0 bridgehead atoms. The zero-order valence-corrected chi connectivity index (χ0v) is 11.7. The van der Waals surface area contributed by atoms with Crippen LogP contribution in [0.5, 0.6) is 0 Å². The van der Waals surface area contributed by atoms with Crippen LogP contribution in [-0.4, -0.2) is 17.8 Å². The van der Waals surface area contributed by atoms with E-state index in [1.54, 1.807) is 28.9 Å². The number of anilines is 1. The van der Waals surface area contributed by atoms with Crippen LogP contribution in [-0.2, 0) is 15.6 Å². The minimum atomic E-state index is -3.81. The van der Waals surface area contributed by atoms with E-state index in [9.17, 15) is 12.8 Å². The Bertz CT molecular complexity index is 886. The second kappa shape index (κ2) is 4.85. The lowest BCUT2D eigenvalue weighted by Crippen LogP contribution is -2.08. The van der Waals surface area contributed by atoms with Gasteiger partial charge in [0, 0.05) is 18.1 Å². The molecule has 2 N–H and O–H groups in total. The van der Waals surface area contributed by atoms with Crippen molar-refractivity contribution < 1.29 is 12.8 Å². The number of nitrogen functional groups attached to an aromatic ring is 1. The maximum absolute atomic E-state index is 13.8. The van der Waals surface area contributed by atoms with Gasteiger partial charge in [-0.1, -0.05) is 6.07 Å². The van der Waals surface area contributed by atoms with Crippen molar-refractivity contribution >= 4 is 21.2 Å². The third-order valence-electron chi connectivity index (χ3n) is 3.04. The van der Waals surface area contributed by atoms with Crippen LogP contribution in [0.4, 0.5) is 10.1 Å². The molecule has 0 radical (unpaired) electrons. The predicted octanol–water partition coefficient (Wildman–Crippen LogP) is 2.03. The number of nitrogens with two attached hydrogens (primary N) is 1. The van der Waals surface area contributed by atoms with Gasteiger partial charge >= 0.3 is 0 Å². The Labute approximate surface area is 120 Å². The molecule has 0 aliphatic rings. The first kappa shape index (κ1) is 13.6. The van der Waals surface area contributed by atoms with E-state index in [1.165, 1.54) is 12.1 Å². The van der Waals surface area contributed by atoms with Gasteiger partial charge in [-0.2, -0.15) is 0 Å². The molecule has 108 valence electrons. The molecule has 0 spiro atoms. The normalized spacial score (nSPS) is 11.9. The van der Waals surface area contributed by atoms with Gasteiger partial charge in [-0.3, -0.25) is 0 Å². The third kappa shape index (κ3) is 2.59. The van der Waals surface area contributed by atoms with Crippen LogP contribution in [0.1, 0.15) is 5.69 Å².